The van der Waals surface area contributed by atoms with Gasteiger partial charge in [0.2, 0.25) is 5.95 Å². The summed E-state index contributed by atoms with van der Waals surface area (Å²) in [4.78, 5) is 0.208. The Hall–Kier alpha value is -2.05. The number of benzene rings is 1. The number of nitrogens with zero attached hydrogens (tertiary/aromatic N) is 4. The van der Waals surface area contributed by atoms with Crippen molar-refractivity contribution in [1.82, 2.24) is 14.8 Å². The number of anilines is 1. The summed E-state index contributed by atoms with van der Waals surface area (Å²) in [7, 11) is -1.67. The van der Waals surface area contributed by atoms with Gasteiger partial charge in [-0.2, -0.15) is 5.26 Å². The first-order chi connectivity index (χ1) is 9.94. The minimum absolute atomic E-state index is 0.0314. The zero-order valence-corrected chi connectivity index (χ0v) is 12.9. The molecular formula is C12H13N5O2S2. The van der Waals surface area contributed by atoms with Gasteiger partial charge in [0.05, 0.1) is 22.3 Å². The molecule has 0 spiro atoms. The van der Waals surface area contributed by atoms with Gasteiger partial charge in [0.15, 0.2) is 15.0 Å². The lowest BCUT2D eigenvalue weighted by atomic mass is 10.2. The van der Waals surface area contributed by atoms with Crippen LogP contribution in [0.5, 0.6) is 0 Å². The highest BCUT2D eigenvalue weighted by Gasteiger charge is 2.15. The summed E-state index contributed by atoms with van der Waals surface area (Å²) in [6.45, 7) is 0. The highest BCUT2D eigenvalue weighted by Crippen LogP contribution is 2.19. The van der Waals surface area contributed by atoms with Crippen LogP contribution in [0.25, 0.3) is 0 Å². The van der Waals surface area contributed by atoms with Crippen LogP contribution in [-0.4, -0.2) is 34.7 Å². The predicted molar refractivity (Wildman–Crippen MR) is 79.3 cm³/mol. The molecule has 0 amide bonds. The Kier molecular flexibility index (Phi) is 4.50. The van der Waals surface area contributed by atoms with Gasteiger partial charge in [-0.25, -0.2) is 8.42 Å². The summed E-state index contributed by atoms with van der Waals surface area (Å²) in [5.41, 5.74) is 5.98. The predicted octanol–water partition coefficient (Wildman–Crippen LogP) is 0.835. The Bertz CT molecular complexity index is 775. The number of aromatic nitrogens is 3. The number of nitrogens with two attached hydrogens (primary N) is 1. The van der Waals surface area contributed by atoms with E-state index in [9.17, 15) is 8.42 Å². The van der Waals surface area contributed by atoms with Crippen LogP contribution < -0.4 is 5.73 Å². The van der Waals surface area contributed by atoms with Crippen molar-refractivity contribution in [2.45, 2.75) is 10.1 Å². The molecule has 9 heteroatoms. The Morgan fingerprint density at radius 1 is 1.33 bits per heavy atom. The van der Waals surface area contributed by atoms with Crippen LogP contribution in [0, 0.1) is 11.3 Å². The molecule has 0 aliphatic heterocycles. The number of hydrogen-bond donors (Lipinski definition) is 1. The third kappa shape index (κ3) is 3.53. The smallest absolute Gasteiger partial charge is 0.222 e. The van der Waals surface area contributed by atoms with E-state index >= 15 is 0 Å². The average molecular weight is 323 g/mol. The fourth-order valence-corrected chi connectivity index (χ4v) is 4.11. The standard InChI is InChI=1S/C12H13N5O2S2/c1-17-11(14)15-16-12(17)20-6-7-21(18,19)10-4-2-9(8-13)3-5-10/h2-5H,6-7H2,1H3,(H2,14,15). The molecule has 0 aliphatic rings. The van der Waals surface area contributed by atoms with Crippen LogP contribution in [0.4, 0.5) is 5.95 Å². The topological polar surface area (TPSA) is 115 Å². The molecule has 0 saturated carbocycles. The minimum Gasteiger partial charge on any atom is -0.368 e. The lowest BCUT2D eigenvalue weighted by Crippen LogP contribution is -2.09. The Morgan fingerprint density at radius 2 is 2.00 bits per heavy atom. The SMILES string of the molecule is Cn1c(N)nnc1SCCS(=O)(=O)c1ccc(C#N)cc1. The largest absolute Gasteiger partial charge is 0.368 e. The van der Waals surface area contributed by atoms with Crippen molar-refractivity contribution < 1.29 is 8.42 Å². The van der Waals surface area contributed by atoms with Gasteiger partial charge in [-0.15, -0.1) is 10.2 Å². The third-order valence-electron chi connectivity index (χ3n) is 2.79. The van der Waals surface area contributed by atoms with Gasteiger partial charge in [0, 0.05) is 12.8 Å². The van der Waals surface area contributed by atoms with Crippen LogP contribution in [0.3, 0.4) is 0 Å². The fraction of sp³-hybridized carbons (Fsp3) is 0.250. The number of nitrogen functional groups attached to an aromatic ring is 1. The van der Waals surface area contributed by atoms with Crippen molar-refractivity contribution in [1.29, 1.82) is 5.26 Å². The van der Waals surface area contributed by atoms with Crippen LogP contribution in [-0.2, 0) is 16.9 Å². The first-order valence-electron chi connectivity index (χ1n) is 5.94. The van der Waals surface area contributed by atoms with E-state index in [2.05, 4.69) is 10.2 Å². The second kappa shape index (κ2) is 6.15. The maximum absolute atomic E-state index is 12.1. The van der Waals surface area contributed by atoms with Gasteiger partial charge in [-0.1, -0.05) is 11.8 Å². The molecule has 2 aromatic rings. The number of sulfone groups is 1. The van der Waals surface area contributed by atoms with Crippen molar-refractivity contribution >= 4 is 27.5 Å². The first-order valence-corrected chi connectivity index (χ1v) is 8.58. The molecule has 0 aliphatic carbocycles. The second-order valence-corrected chi connectivity index (χ2v) is 7.37. The van der Waals surface area contributed by atoms with Crippen LogP contribution >= 0.6 is 11.8 Å². The molecular weight excluding hydrogens is 310 g/mol. The van der Waals surface area contributed by atoms with Crippen molar-refractivity contribution in [3.63, 3.8) is 0 Å². The van der Waals surface area contributed by atoms with Gasteiger partial charge < -0.3 is 5.73 Å². The van der Waals surface area contributed by atoms with Gasteiger partial charge in [-0.05, 0) is 24.3 Å². The van der Waals surface area contributed by atoms with E-state index in [1.807, 2.05) is 6.07 Å². The summed E-state index contributed by atoms with van der Waals surface area (Å²) in [6.07, 6.45) is 0. The molecule has 0 saturated heterocycles. The van der Waals surface area contributed by atoms with Crippen LogP contribution in [0.2, 0.25) is 0 Å². The highest BCUT2D eigenvalue weighted by molar-refractivity contribution is 8.00. The molecule has 0 unspecified atom stereocenters. The van der Waals surface area contributed by atoms with E-state index in [1.54, 1.807) is 11.6 Å². The van der Waals surface area contributed by atoms with Crippen molar-refractivity contribution in [2.75, 3.05) is 17.2 Å². The van der Waals surface area contributed by atoms with Crippen molar-refractivity contribution in [3.8, 4) is 6.07 Å². The van der Waals surface area contributed by atoms with Crippen LogP contribution in [0.15, 0.2) is 34.3 Å². The number of thioether (sulfide) groups is 1. The second-order valence-electron chi connectivity index (χ2n) is 4.20. The third-order valence-corrected chi connectivity index (χ3v) is 5.81. The van der Waals surface area contributed by atoms with E-state index in [1.165, 1.54) is 36.0 Å². The molecule has 21 heavy (non-hydrogen) atoms. The lowest BCUT2D eigenvalue weighted by molar-refractivity contribution is 0.597. The van der Waals surface area contributed by atoms with E-state index in [4.69, 9.17) is 11.0 Å². The Morgan fingerprint density at radius 3 is 2.52 bits per heavy atom. The normalized spacial score (nSPS) is 11.2. The fourth-order valence-electron chi connectivity index (χ4n) is 1.55. The Labute approximate surface area is 126 Å². The van der Waals surface area contributed by atoms with Crippen molar-refractivity contribution in [3.05, 3.63) is 29.8 Å². The van der Waals surface area contributed by atoms with Crippen LogP contribution in [0.1, 0.15) is 5.56 Å². The quantitative estimate of drug-likeness (QED) is 0.810. The van der Waals surface area contributed by atoms with Gasteiger partial charge in [-0.3, -0.25) is 4.57 Å². The summed E-state index contributed by atoms with van der Waals surface area (Å²) in [6, 6.07) is 7.82. The zero-order valence-electron chi connectivity index (χ0n) is 11.2. The van der Waals surface area contributed by atoms with E-state index in [-0.39, 0.29) is 16.6 Å². The molecule has 2 N–H and O–H groups in total. The highest BCUT2D eigenvalue weighted by atomic mass is 32.2. The van der Waals surface area contributed by atoms with E-state index < -0.39 is 9.84 Å². The molecule has 0 bridgehead atoms. The molecule has 7 nitrogen and oxygen atoms in total. The molecule has 1 aromatic heterocycles. The molecule has 110 valence electrons. The lowest BCUT2D eigenvalue weighted by Gasteiger charge is -2.04. The van der Waals surface area contributed by atoms with Gasteiger partial charge in [0.25, 0.3) is 0 Å². The summed E-state index contributed by atoms with van der Waals surface area (Å²) in [5, 5.41) is 16.8. The zero-order chi connectivity index (χ0) is 15.5. The maximum Gasteiger partial charge on any atom is 0.222 e. The monoisotopic (exact) mass is 323 g/mol. The summed E-state index contributed by atoms with van der Waals surface area (Å²) >= 11 is 1.27. The van der Waals surface area contributed by atoms with E-state index in [0.717, 1.165) is 0 Å². The Balaban J connectivity index is 2.01. The molecule has 2 rings (SSSR count). The molecule has 1 heterocycles. The average Bonchev–Trinajstić information content (AvgIpc) is 2.79. The minimum atomic E-state index is -3.38. The molecule has 0 radical (unpaired) electrons. The van der Waals surface area contributed by atoms with Gasteiger partial charge >= 0.3 is 0 Å². The number of nitriles is 1. The number of hydrogen-bond acceptors (Lipinski definition) is 7. The molecule has 0 atom stereocenters. The van der Waals surface area contributed by atoms with Crippen molar-refractivity contribution in [2.24, 2.45) is 7.05 Å². The van der Waals surface area contributed by atoms with E-state index in [0.29, 0.717) is 16.5 Å². The maximum atomic E-state index is 12.1. The molecule has 0 fully saturated rings. The number of rotatable bonds is 5. The first kappa shape index (κ1) is 15.3. The summed E-state index contributed by atoms with van der Waals surface area (Å²) in [5.74, 6) is 0.595. The van der Waals surface area contributed by atoms with Gasteiger partial charge in [0.1, 0.15) is 0 Å². The molecule has 1 aromatic carbocycles. The summed E-state index contributed by atoms with van der Waals surface area (Å²) < 4.78 is 25.9.